The van der Waals surface area contributed by atoms with Crippen LogP contribution in [0.25, 0.3) is 0 Å². The highest BCUT2D eigenvalue weighted by atomic mass is 35.5. The normalized spacial score (nSPS) is 9.73. The molecule has 0 fully saturated rings. The van der Waals surface area contributed by atoms with Gasteiger partial charge in [-0.3, -0.25) is 10.1 Å². The molecule has 6 nitrogen and oxygen atoms in total. The zero-order valence-electron chi connectivity index (χ0n) is 7.95. The van der Waals surface area contributed by atoms with Crippen LogP contribution in [0.2, 0.25) is 0 Å². The zero-order valence-corrected chi connectivity index (χ0v) is 8.71. The van der Waals surface area contributed by atoms with Gasteiger partial charge in [0.1, 0.15) is 11.4 Å². The molecule has 1 rings (SSSR count). The molecule has 1 amide bonds. The molecule has 0 radical (unpaired) electrons. The number of rotatable bonds is 4. The summed E-state index contributed by atoms with van der Waals surface area (Å²) < 4.78 is 9.38. The number of carbonyl (C=O) groups is 2. The Hall–Kier alpha value is -1.56. The van der Waals surface area contributed by atoms with E-state index in [4.69, 9.17) is 16.3 Å². The fraction of sp³-hybridized carbons (Fsp3) is 0.375. The lowest BCUT2D eigenvalue weighted by molar-refractivity contribution is -0.114. The minimum atomic E-state index is -0.608. The molecule has 15 heavy (non-hydrogen) atoms. The van der Waals surface area contributed by atoms with Crippen LogP contribution < -0.4 is 5.32 Å². The van der Waals surface area contributed by atoms with Crippen molar-refractivity contribution in [2.24, 2.45) is 0 Å². The molecule has 0 aliphatic heterocycles. The minimum Gasteiger partial charge on any atom is -0.462 e. The molecule has 0 aliphatic rings. The second kappa shape index (κ2) is 5.35. The van der Waals surface area contributed by atoms with Gasteiger partial charge in [0.2, 0.25) is 11.8 Å². The molecule has 1 heterocycles. The molecule has 0 spiro atoms. The van der Waals surface area contributed by atoms with Crippen molar-refractivity contribution in [3.8, 4) is 0 Å². The Morgan fingerprint density at radius 3 is 3.00 bits per heavy atom. The van der Waals surface area contributed by atoms with Gasteiger partial charge >= 0.3 is 5.97 Å². The van der Waals surface area contributed by atoms with Crippen LogP contribution in [0.15, 0.2) is 10.7 Å². The largest absolute Gasteiger partial charge is 0.462 e. The number of esters is 1. The second-order valence-corrected chi connectivity index (χ2v) is 2.74. The average molecular weight is 233 g/mol. The standard InChI is InChI=1S/C8H9ClN2O4/c1-2-14-8(13)5-4-10-15-7(5)11-6(12)3-9/h4H,2-3H2,1H3,(H,11,12). The van der Waals surface area contributed by atoms with E-state index < -0.39 is 11.9 Å². The SMILES string of the molecule is CCOC(=O)c1cnoc1NC(=O)CCl. The Bertz CT molecular complexity index is 363. The van der Waals surface area contributed by atoms with E-state index in [2.05, 4.69) is 15.0 Å². The van der Waals surface area contributed by atoms with Crippen LogP contribution in [-0.2, 0) is 9.53 Å². The van der Waals surface area contributed by atoms with Crippen LogP contribution in [0.5, 0.6) is 0 Å². The zero-order chi connectivity index (χ0) is 11.3. The van der Waals surface area contributed by atoms with E-state index in [0.717, 1.165) is 0 Å². The average Bonchev–Trinajstić information content (AvgIpc) is 2.66. The number of ether oxygens (including phenoxy) is 1. The fourth-order valence-corrected chi connectivity index (χ4v) is 0.911. The molecule has 1 N–H and O–H groups in total. The van der Waals surface area contributed by atoms with Crippen LogP contribution in [0, 0.1) is 0 Å². The van der Waals surface area contributed by atoms with Gasteiger partial charge in [-0.1, -0.05) is 5.16 Å². The van der Waals surface area contributed by atoms with Gasteiger partial charge in [-0.25, -0.2) is 4.79 Å². The molecule has 0 saturated heterocycles. The Labute approximate surface area is 90.5 Å². The molecular formula is C8H9ClN2O4. The minimum absolute atomic E-state index is 0.0564. The number of halogens is 1. The van der Waals surface area contributed by atoms with Crippen molar-refractivity contribution < 1.29 is 18.8 Å². The third kappa shape index (κ3) is 2.95. The lowest BCUT2D eigenvalue weighted by atomic mass is 10.3. The molecule has 0 atom stereocenters. The number of nitrogens with one attached hydrogen (secondary N) is 1. The monoisotopic (exact) mass is 232 g/mol. The van der Waals surface area contributed by atoms with Crippen molar-refractivity contribution in [3.05, 3.63) is 11.8 Å². The van der Waals surface area contributed by atoms with Gasteiger partial charge in [-0.15, -0.1) is 11.6 Å². The van der Waals surface area contributed by atoms with E-state index in [0.29, 0.717) is 0 Å². The van der Waals surface area contributed by atoms with Gasteiger partial charge < -0.3 is 9.26 Å². The molecule has 0 unspecified atom stereocenters. The van der Waals surface area contributed by atoms with Gasteiger partial charge in [-0.2, -0.15) is 0 Å². The Morgan fingerprint density at radius 1 is 1.67 bits per heavy atom. The molecule has 82 valence electrons. The van der Waals surface area contributed by atoms with Crippen LogP contribution in [0.3, 0.4) is 0 Å². The number of carbonyl (C=O) groups excluding carboxylic acids is 2. The van der Waals surface area contributed by atoms with E-state index in [1.165, 1.54) is 6.20 Å². The van der Waals surface area contributed by atoms with E-state index >= 15 is 0 Å². The number of nitrogens with zero attached hydrogens (tertiary/aromatic N) is 1. The van der Waals surface area contributed by atoms with Crippen LogP contribution in [-0.4, -0.2) is 29.5 Å². The first-order valence-corrected chi connectivity index (χ1v) is 4.70. The fourth-order valence-electron chi connectivity index (χ4n) is 0.844. The summed E-state index contributed by atoms with van der Waals surface area (Å²) >= 11 is 5.27. The highest BCUT2D eigenvalue weighted by molar-refractivity contribution is 6.29. The van der Waals surface area contributed by atoms with Crippen LogP contribution in [0.1, 0.15) is 17.3 Å². The maximum absolute atomic E-state index is 11.3. The first-order valence-electron chi connectivity index (χ1n) is 4.16. The smallest absolute Gasteiger partial charge is 0.345 e. The number of hydrogen-bond donors (Lipinski definition) is 1. The number of amides is 1. The molecule has 0 aromatic carbocycles. The third-order valence-corrected chi connectivity index (χ3v) is 1.68. The lowest BCUT2D eigenvalue weighted by Crippen LogP contribution is -2.15. The maximum atomic E-state index is 11.3. The molecule has 0 aliphatic carbocycles. The summed E-state index contributed by atoms with van der Waals surface area (Å²) in [6.45, 7) is 1.90. The van der Waals surface area contributed by atoms with E-state index in [1.54, 1.807) is 6.92 Å². The summed E-state index contributed by atoms with van der Waals surface area (Å²) in [4.78, 5) is 22.2. The van der Waals surface area contributed by atoms with Crippen molar-refractivity contribution in [3.63, 3.8) is 0 Å². The predicted octanol–water partition coefficient (Wildman–Crippen LogP) is 1.03. The highest BCUT2D eigenvalue weighted by Crippen LogP contribution is 2.15. The van der Waals surface area contributed by atoms with Crippen molar-refractivity contribution in [1.82, 2.24) is 5.16 Å². The van der Waals surface area contributed by atoms with E-state index in [1.807, 2.05) is 0 Å². The van der Waals surface area contributed by atoms with Crippen molar-refractivity contribution >= 4 is 29.4 Å². The molecule has 1 aromatic heterocycles. The number of aromatic nitrogens is 1. The number of anilines is 1. The van der Waals surface area contributed by atoms with E-state index in [-0.39, 0.29) is 23.9 Å². The van der Waals surface area contributed by atoms with Crippen molar-refractivity contribution in [2.75, 3.05) is 17.8 Å². The van der Waals surface area contributed by atoms with Crippen LogP contribution >= 0.6 is 11.6 Å². The van der Waals surface area contributed by atoms with Gasteiger partial charge in [0, 0.05) is 0 Å². The first kappa shape index (κ1) is 11.5. The predicted molar refractivity (Wildman–Crippen MR) is 51.8 cm³/mol. The quantitative estimate of drug-likeness (QED) is 0.619. The molecule has 0 saturated carbocycles. The summed E-state index contributed by atoms with van der Waals surface area (Å²) in [6, 6.07) is 0. The Kier molecular flexibility index (Phi) is 4.11. The first-order chi connectivity index (χ1) is 7.19. The Balaban J connectivity index is 2.77. The summed E-state index contributed by atoms with van der Waals surface area (Å²) in [6.07, 6.45) is 1.17. The summed E-state index contributed by atoms with van der Waals surface area (Å²) in [5, 5.41) is 5.66. The maximum Gasteiger partial charge on any atom is 0.345 e. The molecule has 0 bridgehead atoms. The van der Waals surface area contributed by atoms with Gasteiger partial charge in [0.25, 0.3) is 0 Å². The summed E-state index contributed by atoms with van der Waals surface area (Å²) in [5.41, 5.74) is 0.0651. The topological polar surface area (TPSA) is 81.4 Å². The number of hydrogen-bond acceptors (Lipinski definition) is 5. The van der Waals surface area contributed by atoms with Gasteiger partial charge in [0.05, 0.1) is 12.8 Å². The van der Waals surface area contributed by atoms with Gasteiger partial charge in [-0.05, 0) is 6.92 Å². The Morgan fingerprint density at radius 2 is 2.40 bits per heavy atom. The molecule has 1 aromatic rings. The van der Waals surface area contributed by atoms with Crippen molar-refractivity contribution in [1.29, 1.82) is 0 Å². The lowest BCUT2D eigenvalue weighted by Gasteiger charge is -2.01. The van der Waals surface area contributed by atoms with Crippen LogP contribution in [0.4, 0.5) is 5.88 Å². The summed E-state index contributed by atoms with van der Waals surface area (Å²) in [7, 11) is 0. The number of alkyl halides is 1. The third-order valence-electron chi connectivity index (χ3n) is 1.44. The van der Waals surface area contributed by atoms with Gasteiger partial charge in [0.15, 0.2) is 0 Å². The van der Waals surface area contributed by atoms with E-state index in [9.17, 15) is 9.59 Å². The highest BCUT2D eigenvalue weighted by Gasteiger charge is 2.18. The van der Waals surface area contributed by atoms with Crippen molar-refractivity contribution in [2.45, 2.75) is 6.92 Å². The molecule has 7 heteroatoms. The second-order valence-electron chi connectivity index (χ2n) is 2.47. The molecular weight excluding hydrogens is 224 g/mol. The summed E-state index contributed by atoms with van der Waals surface area (Å²) in [5.74, 6) is -1.38.